The maximum atomic E-state index is 13.2. The number of Topliss-reactive ketones (excluding diaryl/α,β-unsaturated/α-hetero) is 1. The molecule has 32 heavy (non-hydrogen) atoms. The van der Waals surface area contributed by atoms with Gasteiger partial charge in [-0.25, -0.2) is 0 Å². The van der Waals surface area contributed by atoms with Gasteiger partial charge >= 0.3 is 5.97 Å². The topological polar surface area (TPSA) is 48.3 Å². The molecule has 0 saturated heterocycles. The summed E-state index contributed by atoms with van der Waals surface area (Å²) < 4.78 is 6.98. The summed E-state index contributed by atoms with van der Waals surface area (Å²) in [7, 11) is 1.41. The molecular weight excluding hydrogens is 398 g/mol. The first kappa shape index (κ1) is 25.9. The van der Waals surface area contributed by atoms with E-state index in [1.165, 1.54) is 52.1 Å². The number of nitrogens with zero attached hydrogens (tertiary/aromatic N) is 1. The van der Waals surface area contributed by atoms with Gasteiger partial charge in [0.1, 0.15) is 0 Å². The normalized spacial score (nSPS) is 11.0. The Kier molecular flexibility index (Phi) is 11.3. The molecule has 176 valence electrons. The molecule has 0 aliphatic rings. The molecule has 0 radical (unpaired) electrons. The van der Waals surface area contributed by atoms with E-state index in [-0.39, 0.29) is 11.8 Å². The van der Waals surface area contributed by atoms with Crippen molar-refractivity contribution in [2.45, 2.75) is 97.8 Å². The zero-order chi connectivity index (χ0) is 23.3. The molecule has 0 bridgehead atoms. The Hall–Kier alpha value is -2.36. The predicted molar refractivity (Wildman–Crippen MR) is 132 cm³/mol. The summed E-state index contributed by atoms with van der Waals surface area (Å²) >= 11 is 0. The number of unbranched alkanes of at least 4 members (excludes halogenated alkanes) is 8. The first-order valence-electron chi connectivity index (χ1n) is 12.4. The number of para-hydroxylation sites is 1. The summed E-state index contributed by atoms with van der Waals surface area (Å²) in [5.74, 6) is -0.0117. The second-order valence-electron chi connectivity index (χ2n) is 8.78. The molecule has 4 nitrogen and oxygen atoms in total. The third-order valence-electron chi connectivity index (χ3n) is 6.37. The summed E-state index contributed by atoms with van der Waals surface area (Å²) in [6.45, 7) is 6.28. The van der Waals surface area contributed by atoms with Crippen LogP contribution in [0.1, 0.15) is 105 Å². The van der Waals surface area contributed by atoms with Crippen molar-refractivity contribution in [1.29, 1.82) is 0 Å². The van der Waals surface area contributed by atoms with Crippen LogP contribution in [0, 0.1) is 13.8 Å². The van der Waals surface area contributed by atoms with E-state index in [1.54, 1.807) is 0 Å². The third-order valence-corrected chi connectivity index (χ3v) is 6.37. The van der Waals surface area contributed by atoms with Crippen molar-refractivity contribution in [3.05, 3.63) is 52.8 Å². The molecule has 0 saturated carbocycles. The number of benzene rings is 1. The zero-order valence-corrected chi connectivity index (χ0v) is 20.5. The molecule has 0 unspecified atom stereocenters. The first-order chi connectivity index (χ1) is 15.5. The predicted octanol–water partition coefficient (Wildman–Crippen LogP) is 7.30. The van der Waals surface area contributed by atoms with Crippen LogP contribution in [0.4, 0.5) is 0 Å². The number of hydrogen-bond donors (Lipinski definition) is 0. The molecule has 1 aromatic carbocycles. The molecule has 0 spiro atoms. The highest BCUT2D eigenvalue weighted by atomic mass is 16.5. The number of esters is 1. The summed E-state index contributed by atoms with van der Waals surface area (Å²) in [5, 5.41) is 0. The van der Waals surface area contributed by atoms with Gasteiger partial charge in [0, 0.05) is 29.1 Å². The highest BCUT2D eigenvalue weighted by Gasteiger charge is 2.23. The van der Waals surface area contributed by atoms with Gasteiger partial charge in [0.2, 0.25) is 0 Å². The molecule has 1 heterocycles. The number of carbonyl (C=O) groups is 2. The van der Waals surface area contributed by atoms with Gasteiger partial charge in [0.25, 0.3) is 0 Å². The minimum Gasteiger partial charge on any atom is -0.469 e. The van der Waals surface area contributed by atoms with Crippen molar-refractivity contribution in [3.63, 3.8) is 0 Å². The van der Waals surface area contributed by atoms with Crippen molar-refractivity contribution in [3.8, 4) is 5.69 Å². The molecule has 0 atom stereocenters. The van der Waals surface area contributed by atoms with Gasteiger partial charge in [-0.15, -0.1) is 0 Å². The van der Waals surface area contributed by atoms with Crippen molar-refractivity contribution >= 4 is 11.8 Å². The van der Waals surface area contributed by atoms with Crippen LogP contribution in [-0.2, 0) is 16.0 Å². The van der Waals surface area contributed by atoms with E-state index in [0.29, 0.717) is 19.3 Å². The van der Waals surface area contributed by atoms with E-state index in [1.807, 2.05) is 44.2 Å². The summed E-state index contributed by atoms with van der Waals surface area (Å²) in [6, 6.07) is 10.1. The van der Waals surface area contributed by atoms with E-state index in [9.17, 15) is 9.59 Å². The molecule has 0 amide bonds. The van der Waals surface area contributed by atoms with Crippen LogP contribution in [0.2, 0.25) is 0 Å². The minimum absolute atomic E-state index is 0.219. The van der Waals surface area contributed by atoms with E-state index < -0.39 is 0 Å². The lowest BCUT2D eigenvalue weighted by Gasteiger charge is -2.12. The van der Waals surface area contributed by atoms with Gasteiger partial charge in [0.15, 0.2) is 5.78 Å². The fraction of sp³-hybridized carbons (Fsp3) is 0.571. The SMILES string of the molecule is CCCCCCCCCCCC(=O)c1c(C)c(CCC(=O)OC)n(-c2ccccc2)c1C. The Morgan fingerprint density at radius 2 is 1.44 bits per heavy atom. The lowest BCUT2D eigenvalue weighted by atomic mass is 9.99. The quantitative estimate of drug-likeness (QED) is 0.166. The first-order valence-corrected chi connectivity index (χ1v) is 12.4. The number of aromatic nitrogens is 1. The molecule has 0 aliphatic carbocycles. The van der Waals surface area contributed by atoms with Crippen LogP contribution in [0.3, 0.4) is 0 Å². The molecule has 0 fully saturated rings. The molecule has 2 aromatic rings. The van der Waals surface area contributed by atoms with Crippen molar-refractivity contribution < 1.29 is 14.3 Å². The monoisotopic (exact) mass is 439 g/mol. The molecule has 0 N–H and O–H groups in total. The molecule has 2 rings (SSSR count). The summed E-state index contributed by atoms with van der Waals surface area (Å²) in [4.78, 5) is 25.0. The van der Waals surface area contributed by atoms with Crippen LogP contribution < -0.4 is 0 Å². The number of ether oxygens (including phenoxy) is 1. The highest BCUT2D eigenvalue weighted by Crippen LogP contribution is 2.29. The van der Waals surface area contributed by atoms with Crippen LogP contribution in [0.15, 0.2) is 30.3 Å². The smallest absolute Gasteiger partial charge is 0.305 e. The van der Waals surface area contributed by atoms with Crippen LogP contribution in [0.25, 0.3) is 5.69 Å². The molecular formula is C28H41NO3. The van der Waals surface area contributed by atoms with Crippen molar-refractivity contribution in [1.82, 2.24) is 4.57 Å². The van der Waals surface area contributed by atoms with Gasteiger partial charge in [0.05, 0.1) is 13.5 Å². The third kappa shape index (κ3) is 7.36. The Morgan fingerprint density at radius 1 is 0.844 bits per heavy atom. The summed E-state index contributed by atoms with van der Waals surface area (Å²) in [6.07, 6.45) is 12.6. The van der Waals surface area contributed by atoms with Gasteiger partial charge in [-0.3, -0.25) is 9.59 Å². The largest absolute Gasteiger partial charge is 0.469 e. The molecule has 0 aliphatic heterocycles. The number of methoxy groups -OCH3 is 1. The number of hydrogen-bond acceptors (Lipinski definition) is 3. The molecule has 1 aromatic heterocycles. The average Bonchev–Trinajstić information content (AvgIpc) is 3.05. The van der Waals surface area contributed by atoms with E-state index in [2.05, 4.69) is 11.5 Å². The standard InChI is InChI=1S/C28H41NO3/c1-5-6-7-8-9-10-11-12-16-19-26(30)28-22(2)25(20-21-27(31)32-4)29(23(28)3)24-17-14-13-15-18-24/h13-15,17-18H,5-12,16,19-21H2,1-4H3. The van der Waals surface area contributed by atoms with Crippen LogP contribution in [0.5, 0.6) is 0 Å². The van der Waals surface area contributed by atoms with Crippen molar-refractivity contribution in [2.24, 2.45) is 0 Å². The second-order valence-corrected chi connectivity index (χ2v) is 8.78. The van der Waals surface area contributed by atoms with Gasteiger partial charge in [-0.1, -0.05) is 76.5 Å². The Labute approximate surface area is 194 Å². The highest BCUT2D eigenvalue weighted by molar-refractivity contribution is 5.99. The van der Waals surface area contributed by atoms with Gasteiger partial charge in [-0.05, 0) is 44.4 Å². The lowest BCUT2D eigenvalue weighted by molar-refractivity contribution is -0.140. The summed E-state index contributed by atoms with van der Waals surface area (Å²) in [5.41, 5.74) is 4.84. The Morgan fingerprint density at radius 3 is 2.03 bits per heavy atom. The van der Waals surface area contributed by atoms with E-state index in [0.717, 1.165) is 41.0 Å². The number of rotatable bonds is 15. The fourth-order valence-electron chi connectivity index (χ4n) is 4.58. The van der Waals surface area contributed by atoms with E-state index >= 15 is 0 Å². The second kappa shape index (κ2) is 13.9. The van der Waals surface area contributed by atoms with E-state index in [4.69, 9.17) is 4.74 Å². The van der Waals surface area contributed by atoms with Gasteiger partial charge in [-0.2, -0.15) is 0 Å². The Balaban J connectivity index is 2.04. The van der Waals surface area contributed by atoms with Crippen LogP contribution >= 0.6 is 0 Å². The number of ketones is 1. The number of carbonyl (C=O) groups excluding carboxylic acids is 2. The maximum Gasteiger partial charge on any atom is 0.305 e. The molecule has 4 heteroatoms. The fourth-order valence-corrected chi connectivity index (χ4v) is 4.58. The van der Waals surface area contributed by atoms with Gasteiger partial charge < -0.3 is 9.30 Å². The minimum atomic E-state index is -0.231. The average molecular weight is 440 g/mol. The van der Waals surface area contributed by atoms with Crippen LogP contribution in [-0.4, -0.2) is 23.4 Å². The maximum absolute atomic E-state index is 13.2. The van der Waals surface area contributed by atoms with Crippen molar-refractivity contribution in [2.75, 3.05) is 7.11 Å². The Bertz CT molecular complexity index is 851. The lowest BCUT2D eigenvalue weighted by Crippen LogP contribution is -2.07. The zero-order valence-electron chi connectivity index (χ0n) is 20.5.